The third-order valence-electron chi connectivity index (χ3n) is 2.60. The SMILES string of the molecule is CCOC(=O)/C(=C/c1ccc(OC)c(OCCBr)c1)OCC. The fourth-order valence-corrected chi connectivity index (χ4v) is 1.87. The van der Waals surface area contributed by atoms with Gasteiger partial charge in [-0.3, -0.25) is 0 Å². The summed E-state index contributed by atoms with van der Waals surface area (Å²) in [5.41, 5.74) is 0.766. The fraction of sp³-hybridized carbons (Fsp3) is 0.438. The molecule has 0 unspecified atom stereocenters. The molecule has 0 aliphatic heterocycles. The molecule has 0 atom stereocenters. The highest BCUT2D eigenvalue weighted by Gasteiger charge is 2.13. The molecular formula is C16H21BrO5. The van der Waals surface area contributed by atoms with Crippen LogP contribution in [0.4, 0.5) is 0 Å². The van der Waals surface area contributed by atoms with Gasteiger partial charge in [-0.25, -0.2) is 4.79 Å². The van der Waals surface area contributed by atoms with Crippen molar-refractivity contribution in [3.8, 4) is 11.5 Å². The van der Waals surface area contributed by atoms with E-state index in [0.717, 1.165) is 5.56 Å². The van der Waals surface area contributed by atoms with E-state index in [1.807, 2.05) is 13.0 Å². The van der Waals surface area contributed by atoms with Crippen molar-refractivity contribution in [2.24, 2.45) is 0 Å². The van der Waals surface area contributed by atoms with Gasteiger partial charge in [0, 0.05) is 5.33 Å². The minimum Gasteiger partial charge on any atom is -0.493 e. The number of carbonyl (C=O) groups excluding carboxylic acids is 1. The van der Waals surface area contributed by atoms with Crippen molar-refractivity contribution < 1.29 is 23.7 Å². The molecule has 0 fully saturated rings. The zero-order valence-corrected chi connectivity index (χ0v) is 14.6. The number of benzene rings is 1. The van der Waals surface area contributed by atoms with Crippen LogP contribution >= 0.6 is 15.9 Å². The van der Waals surface area contributed by atoms with Crippen molar-refractivity contribution in [1.29, 1.82) is 0 Å². The van der Waals surface area contributed by atoms with E-state index in [-0.39, 0.29) is 5.76 Å². The Kier molecular flexibility index (Phi) is 8.43. The molecule has 0 N–H and O–H groups in total. The number of alkyl halides is 1. The number of methoxy groups -OCH3 is 1. The predicted octanol–water partition coefficient (Wildman–Crippen LogP) is 3.41. The molecule has 0 bridgehead atoms. The molecule has 0 amide bonds. The smallest absolute Gasteiger partial charge is 0.373 e. The second-order valence-corrected chi connectivity index (χ2v) is 4.90. The van der Waals surface area contributed by atoms with Gasteiger partial charge in [-0.1, -0.05) is 22.0 Å². The van der Waals surface area contributed by atoms with Crippen molar-refractivity contribution in [2.45, 2.75) is 13.8 Å². The predicted molar refractivity (Wildman–Crippen MR) is 88.5 cm³/mol. The number of halogens is 1. The zero-order valence-electron chi connectivity index (χ0n) is 13.1. The van der Waals surface area contributed by atoms with Gasteiger partial charge in [0.05, 0.1) is 26.9 Å². The summed E-state index contributed by atoms with van der Waals surface area (Å²) in [4.78, 5) is 11.8. The molecule has 122 valence electrons. The normalized spacial score (nSPS) is 11.0. The maximum Gasteiger partial charge on any atom is 0.373 e. The summed E-state index contributed by atoms with van der Waals surface area (Å²) in [7, 11) is 1.58. The highest BCUT2D eigenvalue weighted by Crippen LogP contribution is 2.29. The van der Waals surface area contributed by atoms with Crippen LogP contribution < -0.4 is 9.47 Å². The van der Waals surface area contributed by atoms with Crippen LogP contribution in [0.15, 0.2) is 24.0 Å². The molecule has 22 heavy (non-hydrogen) atoms. The lowest BCUT2D eigenvalue weighted by Gasteiger charge is -2.11. The van der Waals surface area contributed by atoms with E-state index in [9.17, 15) is 4.79 Å². The largest absolute Gasteiger partial charge is 0.493 e. The van der Waals surface area contributed by atoms with Gasteiger partial charge in [-0.15, -0.1) is 0 Å². The van der Waals surface area contributed by atoms with Gasteiger partial charge >= 0.3 is 5.97 Å². The van der Waals surface area contributed by atoms with Crippen molar-refractivity contribution >= 4 is 28.0 Å². The van der Waals surface area contributed by atoms with E-state index in [1.54, 1.807) is 32.2 Å². The minimum absolute atomic E-state index is 0.168. The highest BCUT2D eigenvalue weighted by atomic mass is 79.9. The maximum absolute atomic E-state index is 11.8. The topological polar surface area (TPSA) is 54.0 Å². The number of carbonyl (C=O) groups is 1. The van der Waals surface area contributed by atoms with Gasteiger partial charge in [0.25, 0.3) is 0 Å². The maximum atomic E-state index is 11.8. The Labute approximate surface area is 139 Å². The van der Waals surface area contributed by atoms with Gasteiger partial charge in [0.15, 0.2) is 11.5 Å². The number of hydrogen-bond acceptors (Lipinski definition) is 5. The van der Waals surface area contributed by atoms with E-state index in [1.165, 1.54) is 0 Å². The Hall–Kier alpha value is -1.69. The number of ether oxygens (including phenoxy) is 4. The third-order valence-corrected chi connectivity index (χ3v) is 2.92. The molecular weight excluding hydrogens is 352 g/mol. The third kappa shape index (κ3) is 5.60. The van der Waals surface area contributed by atoms with Crippen molar-refractivity contribution in [2.75, 3.05) is 32.3 Å². The molecule has 0 aliphatic rings. The van der Waals surface area contributed by atoms with Crippen molar-refractivity contribution in [1.82, 2.24) is 0 Å². The van der Waals surface area contributed by atoms with Crippen molar-refractivity contribution in [3.05, 3.63) is 29.5 Å². The summed E-state index contributed by atoms with van der Waals surface area (Å²) in [6.07, 6.45) is 1.63. The molecule has 0 saturated carbocycles. The highest BCUT2D eigenvalue weighted by molar-refractivity contribution is 9.09. The molecule has 1 rings (SSSR count). The Morgan fingerprint density at radius 2 is 1.91 bits per heavy atom. The molecule has 0 saturated heterocycles. The molecule has 5 nitrogen and oxygen atoms in total. The monoisotopic (exact) mass is 372 g/mol. The van der Waals surface area contributed by atoms with Crippen LogP contribution in [0.25, 0.3) is 6.08 Å². The van der Waals surface area contributed by atoms with Crippen LogP contribution in [-0.4, -0.2) is 38.2 Å². The Morgan fingerprint density at radius 1 is 1.18 bits per heavy atom. The zero-order chi connectivity index (χ0) is 16.4. The average Bonchev–Trinajstić information content (AvgIpc) is 2.52. The molecule has 0 aromatic heterocycles. The van der Waals surface area contributed by atoms with Crippen LogP contribution in [-0.2, 0) is 14.3 Å². The molecule has 0 radical (unpaired) electrons. The summed E-state index contributed by atoms with van der Waals surface area (Å²) >= 11 is 3.31. The summed E-state index contributed by atoms with van der Waals surface area (Å²) in [5, 5.41) is 0.712. The average molecular weight is 373 g/mol. The first-order chi connectivity index (χ1) is 10.7. The molecule has 1 aromatic carbocycles. The second-order valence-electron chi connectivity index (χ2n) is 4.11. The lowest BCUT2D eigenvalue weighted by atomic mass is 10.1. The quantitative estimate of drug-likeness (QED) is 0.287. The lowest BCUT2D eigenvalue weighted by Crippen LogP contribution is -2.10. The van der Waals surface area contributed by atoms with Gasteiger partial charge in [0.1, 0.15) is 0 Å². The lowest BCUT2D eigenvalue weighted by molar-refractivity contribution is -0.142. The van der Waals surface area contributed by atoms with Crippen LogP contribution in [0.3, 0.4) is 0 Å². The first-order valence-corrected chi connectivity index (χ1v) is 8.16. The molecule has 0 spiro atoms. The Balaban J connectivity index is 3.06. The fourth-order valence-electron chi connectivity index (χ4n) is 1.71. The van der Waals surface area contributed by atoms with E-state index < -0.39 is 5.97 Å². The second kappa shape index (κ2) is 10.1. The van der Waals surface area contributed by atoms with Gasteiger partial charge in [-0.05, 0) is 37.6 Å². The Bertz CT molecular complexity index is 513. The Morgan fingerprint density at radius 3 is 2.50 bits per heavy atom. The molecule has 0 heterocycles. The van der Waals surface area contributed by atoms with Gasteiger partial charge < -0.3 is 18.9 Å². The van der Waals surface area contributed by atoms with Crippen LogP contribution in [0.2, 0.25) is 0 Å². The number of esters is 1. The first-order valence-electron chi connectivity index (χ1n) is 7.04. The van der Waals surface area contributed by atoms with E-state index in [0.29, 0.717) is 36.6 Å². The summed E-state index contributed by atoms with van der Waals surface area (Å²) in [6, 6.07) is 5.39. The summed E-state index contributed by atoms with van der Waals surface area (Å²) < 4.78 is 21.2. The summed E-state index contributed by atoms with van der Waals surface area (Å²) in [6.45, 7) is 4.76. The summed E-state index contributed by atoms with van der Waals surface area (Å²) in [5.74, 6) is 0.923. The van der Waals surface area contributed by atoms with E-state index in [4.69, 9.17) is 18.9 Å². The van der Waals surface area contributed by atoms with E-state index >= 15 is 0 Å². The van der Waals surface area contributed by atoms with Gasteiger partial charge in [-0.2, -0.15) is 0 Å². The minimum atomic E-state index is -0.483. The van der Waals surface area contributed by atoms with Crippen LogP contribution in [0.5, 0.6) is 11.5 Å². The first kappa shape index (κ1) is 18.4. The van der Waals surface area contributed by atoms with E-state index in [2.05, 4.69) is 15.9 Å². The van der Waals surface area contributed by atoms with Crippen molar-refractivity contribution in [3.63, 3.8) is 0 Å². The molecule has 1 aromatic rings. The number of rotatable bonds is 9. The van der Waals surface area contributed by atoms with Crippen LogP contribution in [0.1, 0.15) is 19.4 Å². The van der Waals surface area contributed by atoms with Gasteiger partial charge in [0.2, 0.25) is 5.76 Å². The molecule has 0 aliphatic carbocycles. The standard InChI is InChI=1S/C16H21BrO5/c1-4-20-15(16(18)21-5-2)11-12-6-7-13(19-3)14(10-12)22-9-8-17/h6-7,10-11H,4-5,8-9H2,1-3H3/b15-11-. The van der Waals surface area contributed by atoms with Crippen LogP contribution in [0, 0.1) is 0 Å². The molecule has 6 heteroatoms. The number of hydrogen-bond donors (Lipinski definition) is 0.